The van der Waals surface area contributed by atoms with Gasteiger partial charge in [-0.15, -0.1) is 11.3 Å². The Bertz CT molecular complexity index is 424. The Morgan fingerprint density at radius 1 is 1.19 bits per heavy atom. The third-order valence-electron chi connectivity index (χ3n) is 4.10. The van der Waals surface area contributed by atoms with E-state index in [1.54, 1.807) is 0 Å². The molecule has 1 N–H and O–H groups in total. The van der Waals surface area contributed by atoms with Crippen molar-refractivity contribution in [2.24, 2.45) is 0 Å². The maximum Gasteiger partial charge on any atom is 0.185 e. The van der Waals surface area contributed by atoms with Crippen molar-refractivity contribution in [3.05, 3.63) is 10.6 Å². The summed E-state index contributed by atoms with van der Waals surface area (Å²) < 4.78 is 0. The molecule has 1 aromatic heterocycles. The van der Waals surface area contributed by atoms with Gasteiger partial charge in [-0.25, -0.2) is 4.98 Å². The first-order valence-electron chi connectivity index (χ1n) is 8.33. The molecule has 1 saturated heterocycles. The minimum Gasteiger partial charge on any atom is -0.346 e. The van der Waals surface area contributed by atoms with Crippen molar-refractivity contribution in [1.29, 1.82) is 0 Å². The van der Waals surface area contributed by atoms with Crippen molar-refractivity contribution in [2.45, 2.75) is 46.6 Å². The van der Waals surface area contributed by atoms with Gasteiger partial charge < -0.3 is 10.2 Å². The van der Waals surface area contributed by atoms with Gasteiger partial charge in [0.15, 0.2) is 5.13 Å². The monoisotopic (exact) mass is 310 g/mol. The maximum atomic E-state index is 4.82. The van der Waals surface area contributed by atoms with Gasteiger partial charge in [-0.3, -0.25) is 4.90 Å². The van der Waals surface area contributed by atoms with Crippen LogP contribution in [0.2, 0.25) is 0 Å². The van der Waals surface area contributed by atoms with Crippen LogP contribution in [0.5, 0.6) is 0 Å². The molecular weight excluding hydrogens is 280 g/mol. The number of anilines is 1. The number of aryl methyl sites for hydroxylation is 1. The highest BCUT2D eigenvalue weighted by Crippen LogP contribution is 2.31. The number of nitrogens with zero attached hydrogens (tertiary/aromatic N) is 3. The van der Waals surface area contributed by atoms with Gasteiger partial charge in [0.05, 0.1) is 5.69 Å². The second-order valence-corrected chi connectivity index (χ2v) is 6.96. The number of hydrogen-bond acceptors (Lipinski definition) is 5. The van der Waals surface area contributed by atoms with E-state index in [9.17, 15) is 0 Å². The molecule has 0 saturated carbocycles. The number of nitrogens with one attached hydrogen (secondary N) is 1. The number of rotatable bonds is 7. The molecule has 1 aliphatic heterocycles. The molecule has 21 heavy (non-hydrogen) atoms. The molecule has 1 fully saturated rings. The van der Waals surface area contributed by atoms with Crippen LogP contribution in [0, 0.1) is 6.92 Å². The Hall–Kier alpha value is -0.650. The van der Waals surface area contributed by atoms with Gasteiger partial charge in [0.1, 0.15) is 0 Å². The van der Waals surface area contributed by atoms with Crippen molar-refractivity contribution in [3.8, 4) is 0 Å². The van der Waals surface area contributed by atoms with Crippen molar-refractivity contribution >= 4 is 16.5 Å². The van der Waals surface area contributed by atoms with Crippen LogP contribution < -0.4 is 10.2 Å². The smallest absolute Gasteiger partial charge is 0.185 e. The Kier molecular flexibility index (Phi) is 6.45. The molecule has 2 rings (SSSR count). The highest BCUT2D eigenvalue weighted by atomic mass is 32.1. The van der Waals surface area contributed by atoms with E-state index in [1.807, 2.05) is 11.3 Å². The second kappa shape index (κ2) is 8.11. The van der Waals surface area contributed by atoms with Crippen LogP contribution in [-0.4, -0.2) is 49.2 Å². The first kappa shape index (κ1) is 16.7. The summed E-state index contributed by atoms with van der Waals surface area (Å²) in [5, 5.41) is 4.78. The largest absolute Gasteiger partial charge is 0.346 e. The zero-order chi connectivity index (χ0) is 15.2. The average molecular weight is 311 g/mol. The van der Waals surface area contributed by atoms with E-state index in [0.29, 0.717) is 6.04 Å². The zero-order valence-electron chi connectivity index (χ0n) is 14.0. The summed E-state index contributed by atoms with van der Waals surface area (Å²) in [6, 6.07) is 0.414. The highest BCUT2D eigenvalue weighted by molar-refractivity contribution is 7.15. The lowest BCUT2D eigenvalue weighted by atomic mass is 10.2. The molecule has 0 spiro atoms. The van der Waals surface area contributed by atoms with Gasteiger partial charge in [-0.1, -0.05) is 13.8 Å². The predicted octanol–water partition coefficient (Wildman–Crippen LogP) is 3.04. The van der Waals surface area contributed by atoms with Crippen molar-refractivity contribution in [1.82, 2.24) is 15.2 Å². The molecule has 1 atom stereocenters. The van der Waals surface area contributed by atoms with E-state index >= 15 is 0 Å². The van der Waals surface area contributed by atoms with E-state index in [-0.39, 0.29) is 0 Å². The molecule has 120 valence electrons. The quantitative estimate of drug-likeness (QED) is 0.839. The van der Waals surface area contributed by atoms with Crippen LogP contribution in [0.3, 0.4) is 0 Å². The van der Waals surface area contributed by atoms with E-state index in [0.717, 1.165) is 19.6 Å². The topological polar surface area (TPSA) is 31.4 Å². The van der Waals surface area contributed by atoms with Crippen molar-refractivity contribution < 1.29 is 0 Å². The number of piperazine rings is 1. The molecule has 5 heteroatoms. The van der Waals surface area contributed by atoms with Gasteiger partial charge in [0, 0.05) is 37.1 Å². The molecule has 1 aliphatic rings. The molecule has 0 amide bonds. The van der Waals surface area contributed by atoms with Crippen molar-refractivity contribution in [2.75, 3.05) is 44.2 Å². The van der Waals surface area contributed by atoms with Gasteiger partial charge in [0.25, 0.3) is 0 Å². The Morgan fingerprint density at radius 2 is 1.90 bits per heavy atom. The van der Waals surface area contributed by atoms with E-state index in [4.69, 9.17) is 4.98 Å². The first-order chi connectivity index (χ1) is 10.2. The lowest BCUT2D eigenvalue weighted by Crippen LogP contribution is -2.46. The van der Waals surface area contributed by atoms with Crippen LogP contribution in [0.1, 0.15) is 50.2 Å². The molecule has 1 unspecified atom stereocenters. The number of aromatic nitrogens is 1. The number of hydrogen-bond donors (Lipinski definition) is 1. The van der Waals surface area contributed by atoms with E-state index < -0.39 is 0 Å². The Labute approximate surface area is 133 Å². The standard InChI is InChI=1S/C16H30N4S/c1-5-7-17-13(3)15-14(4)18-16(21-15)20-11-9-19(8-6-2)10-12-20/h13,17H,5-12H2,1-4H3. The molecule has 0 aromatic carbocycles. The summed E-state index contributed by atoms with van der Waals surface area (Å²) in [5.41, 5.74) is 1.20. The van der Waals surface area contributed by atoms with Crippen LogP contribution in [0.25, 0.3) is 0 Å². The summed E-state index contributed by atoms with van der Waals surface area (Å²) >= 11 is 1.87. The fourth-order valence-corrected chi connectivity index (χ4v) is 4.01. The predicted molar refractivity (Wildman–Crippen MR) is 92.5 cm³/mol. The summed E-state index contributed by atoms with van der Waals surface area (Å²) in [4.78, 5) is 11.2. The minimum atomic E-state index is 0.414. The maximum absolute atomic E-state index is 4.82. The molecule has 4 nitrogen and oxygen atoms in total. The lowest BCUT2D eigenvalue weighted by Gasteiger charge is -2.34. The Morgan fingerprint density at radius 3 is 2.52 bits per heavy atom. The first-order valence-corrected chi connectivity index (χ1v) is 9.15. The molecule has 2 heterocycles. The summed E-state index contributed by atoms with van der Waals surface area (Å²) in [7, 11) is 0. The van der Waals surface area contributed by atoms with Gasteiger partial charge in [0.2, 0.25) is 0 Å². The lowest BCUT2D eigenvalue weighted by molar-refractivity contribution is 0.258. The zero-order valence-corrected chi connectivity index (χ0v) is 14.8. The van der Waals surface area contributed by atoms with E-state index in [1.165, 1.54) is 48.2 Å². The second-order valence-electron chi connectivity index (χ2n) is 5.95. The molecular formula is C16H30N4S. The highest BCUT2D eigenvalue weighted by Gasteiger charge is 2.21. The van der Waals surface area contributed by atoms with Gasteiger partial charge in [-0.2, -0.15) is 0 Å². The minimum absolute atomic E-state index is 0.414. The summed E-state index contributed by atoms with van der Waals surface area (Å²) in [5.74, 6) is 0. The van der Waals surface area contributed by atoms with Crippen molar-refractivity contribution in [3.63, 3.8) is 0 Å². The Balaban J connectivity index is 1.96. The average Bonchev–Trinajstić information content (AvgIpc) is 2.88. The summed E-state index contributed by atoms with van der Waals surface area (Å²) in [6.07, 6.45) is 2.43. The van der Waals surface area contributed by atoms with Crippen LogP contribution >= 0.6 is 11.3 Å². The third-order valence-corrected chi connectivity index (χ3v) is 5.50. The third kappa shape index (κ3) is 4.41. The fourth-order valence-electron chi connectivity index (χ4n) is 2.86. The van der Waals surface area contributed by atoms with Gasteiger partial charge in [-0.05, 0) is 39.8 Å². The van der Waals surface area contributed by atoms with Gasteiger partial charge >= 0.3 is 0 Å². The number of thiazole rings is 1. The molecule has 1 aromatic rings. The van der Waals surface area contributed by atoms with E-state index in [2.05, 4.69) is 42.8 Å². The molecule has 0 radical (unpaired) electrons. The van der Waals surface area contributed by atoms with Crippen LogP contribution in [-0.2, 0) is 0 Å². The molecule has 0 bridgehead atoms. The SMILES string of the molecule is CCCNC(C)c1sc(N2CCN(CCC)CC2)nc1C. The summed E-state index contributed by atoms with van der Waals surface area (Å²) in [6.45, 7) is 15.7. The van der Waals surface area contributed by atoms with Crippen LogP contribution in [0.4, 0.5) is 5.13 Å². The fraction of sp³-hybridized carbons (Fsp3) is 0.812. The van der Waals surface area contributed by atoms with Crippen LogP contribution in [0.15, 0.2) is 0 Å². The normalized spacial score (nSPS) is 18.2. The molecule has 0 aliphatic carbocycles.